The minimum absolute atomic E-state index is 0.167. The molecule has 0 aliphatic carbocycles. The van der Waals surface area contributed by atoms with Gasteiger partial charge in [-0.05, 0) is 36.8 Å². The predicted octanol–water partition coefficient (Wildman–Crippen LogP) is 3.29. The van der Waals surface area contributed by atoms with Gasteiger partial charge in [0.25, 0.3) is 0 Å². The van der Waals surface area contributed by atoms with Gasteiger partial charge in [-0.15, -0.1) is 0 Å². The molecule has 4 rings (SSSR count). The van der Waals surface area contributed by atoms with Crippen molar-refractivity contribution < 1.29 is 14.6 Å². The second-order valence-corrected chi connectivity index (χ2v) is 7.43. The van der Waals surface area contributed by atoms with Crippen molar-refractivity contribution in [3.63, 3.8) is 0 Å². The summed E-state index contributed by atoms with van der Waals surface area (Å²) >= 11 is 0. The molecule has 9 heteroatoms. The zero-order chi connectivity index (χ0) is 21.6. The monoisotopic (exact) mass is 422 g/mol. The number of ether oxygens (including phenoxy) is 2. The van der Waals surface area contributed by atoms with Crippen LogP contribution >= 0.6 is 0 Å². The van der Waals surface area contributed by atoms with Crippen molar-refractivity contribution in [3.8, 4) is 6.01 Å². The van der Waals surface area contributed by atoms with Crippen molar-refractivity contribution >= 4 is 22.4 Å². The molecule has 0 bridgehead atoms. The summed E-state index contributed by atoms with van der Waals surface area (Å²) in [6.07, 6.45) is -1.10. The van der Waals surface area contributed by atoms with Gasteiger partial charge in [0.05, 0.1) is 25.0 Å². The van der Waals surface area contributed by atoms with Gasteiger partial charge in [0.1, 0.15) is 12.6 Å². The number of hydrogen-bond acceptors (Lipinski definition) is 9. The van der Waals surface area contributed by atoms with E-state index < -0.39 is 12.2 Å². The summed E-state index contributed by atoms with van der Waals surface area (Å²) in [5.41, 5.74) is 0.764. The van der Waals surface area contributed by atoms with E-state index in [2.05, 4.69) is 31.2 Å². The molecule has 0 saturated carbocycles. The number of fused-ring (bicyclic) bond motifs is 1. The van der Waals surface area contributed by atoms with Gasteiger partial charge >= 0.3 is 6.01 Å². The fourth-order valence-corrected chi connectivity index (χ4v) is 3.10. The van der Waals surface area contributed by atoms with Gasteiger partial charge in [-0.25, -0.2) is 0 Å². The topological polar surface area (TPSA) is 105 Å². The number of aliphatic hydroxyl groups is 1. The molecule has 1 aliphatic rings. The molecule has 1 fully saturated rings. The second-order valence-electron chi connectivity index (χ2n) is 7.43. The molecule has 1 aliphatic heterocycles. The number of aliphatic hydroxyl groups excluding tert-OH is 1. The Morgan fingerprint density at radius 2 is 1.84 bits per heavy atom. The van der Waals surface area contributed by atoms with Gasteiger partial charge in [0.15, 0.2) is 5.82 Å². The maximum Gasteiger partial charge on any atom is 0.321 e. The first-order valence-electron chi connectivity index (χ1n) is 10.4. The zero-order valence-corrected chi connectivity index (χ0v) is 17.7. The first-order valence-corrected chi connectivity index (χ1v) is 10.4. The van der Waals surface area contributed by atoms with Crippen LogP contribution in [0.25, 0.3) is 10.8 Å². The van der Waals surface area contributed by atoms with Crippen LogP contribution in [0.5, 0.6) is 6.01 Å². The lowest BCUT2D eigenvalue weighted by Crippen LogP contribution is -2.37. The smallest absolute Gasteiger partial charge is 0.321 e. The van der Waals surface area contributed by atoms with Crippen molar-refractivity contribution in [3.05, 3.63) is 48.3 Å². The molecule has 9 nitrogen and oxygen atoms in total. The molecule has 2 heterocycles. The summed E-state index contributed by atoms with van der Waals surface area (Å²) in [4.78, 5) is 15.4. The summed E-state index contributed by atoms with van der Waals surface area (Å²) < 4.78 is 11.1. The van der Waals surface area contributed by atoms with E-state index in [4.69, 9.17) is 9.47 Å². The first kappa shape index (κ1) is 21.1. The van der Waals surface area contributed by atoms with Crippen molar-refractivity contribution in [2.24, 2.45) is 10.2 Å². The molecular weight excluding hydrogens is 396 g/mol. The van der Waals surface area contributed by atoms with Crippen LogP contribution in [0.4, 0.5) is 11.6 Å². The maximum absolute atomic E-state index is 9.76. The quantitative estimate of drug-likeness (QED) is 0.582. The van der Waals surface area contributed by atoms with E-state index >= 15 is 0 Å². The van der Waals surface area contributed by atoms with E-state index in [-0.39, 0.29) is 12.6 Å². The molecule has 0 radical (unpaired) electrons. The van der Waals surface area contributed by atoms with Gasteiger partial charge in [0.2, 0.25) is 5.95 Å². The van der Waals surface area contributed by atoms with Crippen LogP contribution in [-0.4, -0.2) is 58.6 Å². The number of anilines is 1. The van der Waals surface area contributed by atoms with Gasteiger partial charge in [-0.1, -0.05) is 30.3 Å². The lowest BCUT2D eigenvalue weighted by molar-refractivity contribution is 0.0537. The molecule has 162 valence electrons. The first-order chi connectivity index (χ1) is 15.1. The molecule has 2 aromatic carbocycles. The molecule has 1 aromatic heterocycles. The highest BCUT2D eigenvalue weighted by Gasteiger charge is 2.19. The normalized spacial score (nSPS) is 16.5. The number of benzene rings is 2. The van der Waals surface area contributed by atoms with Crippen LogP contribution in [0.15, 0.2) is 52.7 Å². The second kappa shape index (κ2) is 9.76. The highest BCUT2D eigenvalue weighted by Crippen LogP contribution is 2.22. The summed E-state index contributed by atoms with van der Waals surface area (Å²) in [6, 6.07) is 14.2. The largest absolute Gasteiger partial charge is 0.458 e. The average molecular weight is 422 g/mol. The van der Waals surface area contributed by atoms with E-state index in [1.165, 1.54) is 0 Å². The molecule has 31 heavy (non-hydrogen) atoms. The average Bonchev–Trinajstić information content (AvgIpc) is 2.79. The van der Waals surface area contributed by atoms with Crippen molar-refractivity contribution in [1.29, 1.82) is 0 Å². The highest BCUT2D eigenvalue weighted by molar-refractivity contribution is 5.84. The Labute approximate surface area is 180 Å². The van der Waals surface area contributed by atoms with E-state index in [0.717, 1.165) is 16.5 Å². The third-order valence-corrected chi connectivity index (χ3v) is 5.05. The Bertz CT molecular complexity index is 1050. The third kappa shape index (κ3) is 5.50. The lowest BCUT2D eigenvalue weighted by Gasteiger charge is -2.27. The van der Waals surface area contributed by atoms with Crippen LogP contribution in [0.3, 0.4) is 0 Å². The van der Waals surface area contributed by atoms with E-state index in [1.807, 2.05) is 41.3 Å². The van der Waals surface area contributed by atoms with Crippen molar-refractivity contribution in [2.75, 3.05) is 31.2 Å². The molecule has 3 aromatic rings. The Morgan fingerprint density at radius 1 is 1.06 bits per heavy atom. The molecule has 2 unspecified atom stereocenters. The Hall–Kier alpha value is -3.17. The Morgan fingerprint density at radius 3 is 2.61 bits per heavy atom. The van der Waals surface area contributed by atoms with Crippen LogP contribution in [0.1, 0.15) is 19.7 Å². The fourth-order valence-electron chi connectivity index (χ4n) is 3.10. The Balaban J connectivity index is 1.54. The fraction of sp³-hybridized carbons (Fsp3) is 0.409. The van der Waals surface area contributed by atoms with E-state index in [9.17, 15) is 5.11 Å². The number of nitrogens with zero attached hydrogens (tertiary/aromatic N) is 6. The van der Waals surface area contributed by atoms with E-state index in [0.29, 0.717) is 38.1 Å². The molecule has 1 saturated heterocycles. The number of hydrogen-bond donors (Lipinski definition) is 1. The zero-order valence-electron chi connectivity index (χ0n) is 17.7. The standard InChI is InChI=1S/C22H26N6O3/c1-15(29)16(2)31-22-25-20(24-21(26-22)28-9-11-30-12-10-28)14-23-27-19-8-7-17-5-3-4-6-18(17)13-19/h3-8,13,15-16,29H,9-12,14H2,1-2H3. The number of rotatable bonds is 7. The van der Waals surface area contributed by atoms with Crippen molar-refractivity contribution in [1.82, 2.24) is 15.0 Å². The molecule has 0 spiro atoms. The highest BCUT2D eigenvalue weighted by atomic mass is 16.5. The van der Waals surface area contributed by atoms with Crippen LogP contribution < -0.4 is 9.64 Å². The molecular formula is C22H26N6O3. The third-order valence-electron chi connectivity index (χ3n) is 5.05. The summed E-state index contributed by atoms with van der Waals surface area (Å²) in [7, 11) is 0. The number of azo groups is 1. The van der Waals surface area contributed by atoms with Crippen molar-refractivity contribution in [2.45, 2.75) is 32.6 Å². The SMILES string of the molecule is CC(O)C(C)Oc1nc(CN=Nc2ccc3ccccc3c2)nc(N2CCOCC2)n1. The summed E-state index contributed by atoms with van der Waals surface area (Å²) in [5, 5.41) is 20.6. The van der Waals surface area contributed by atoms with Crippen LogP contribution in [0, 0.1) is 0 Å². The van der Waals surface area contributed by atoms with Gasteiger partial charge in [0, 0.05) is 13.1 Å². The number of morpholine rings is 1. The number of aromatic nitrogens is 3. The minimum atomic E-state index is -0.653. The lowest BCUT2D eigenvalue weighted by atomic mass is 10.1. The van der Waals surface area contributed by atoms with Gasteiger partial charge in [-0.3, -0.25) is 0 Å². The minimum Gasteiger partial charge on any atom is -0.458 e. The van der Waals surface area contributed by atoms with Gasteiger partial charge in [-0.2, -0.15) is 25.2 Å². The van der Waals surface area contributed by atoms with Gasteiger partial charge < -0.3 is 19.5 Å². The summed E-state index contributed by atoms with van der Waals surface area (Å²) in [6.45, 7) is 6.22. The molecule has 2 atom stereocenters. The molecule has 0 amide bonds. The van der Waals surface area contributed by atoms with Crippen LogP contribution in [-0.2, 0) is 11.3 Å². The maximum atomic E-state index is 9.76. The molecule has 1 N–H and O–H groups in total. The van der Waals surface area contributed by atoms with Crippen LogP contribution in [0.2, 0.25) is 0 Å². The summed E-state index contributed by atoms with van der Waals surface area (Å²) in [5.74, 6) is 0.968. The predicted molar refractivity (Wildman–Crippen MR) is 117 cm³/mol. The Kier molecular flexibility index (Phi) is 6.63. The van der Waals surface area contributed by atoms with E-state index in [1.54, 1.807) is 13.8 Å².